The van der Waals surface area contributed by atoms with Crippen molar-refractivity contribution in [2.75, 3.05) is 0 Å². The zero-order valence-corrected chi connectivity index (χ0v) is 22.1. The Morgan fingerprint density at radius 2 is 1.29 bits per heavy atom. The fourth-order valence-electron chi connectivity index (χ4n) is 2.45. The molecule has 0 aliphatic carbocycles. The number of allylic oxidation sites excluding steroid dienone is 6. The predicted molar refractivity (Wildman–Crippen MR) is 153 cm³/mol. The third-order valence-corrected chi connectivity index (χ3v) is 3.24. The lowest BCUT2D eigenvalue weighted by Gasteiger charge is -2.09. The summed E-state index contributed by atoms with van der Waals surface area (Å²) in [6.45, 7) is 34.9. The maximum Gasteiger partial charge on any atom is 0.0541 e. The summed E-state index contributed by atoms with van der Waals surface area (Å²) in [7, 11) is 0. The normalized spacial score (nSPS) is 8.90. The van der Waals surface area contributed by atoms with Crippen LogP contribution in [0.2, 0.25) is 0 Å². The van der Waals surface area contributed by atoms with Crippen LogP contribution in [0, 0.1) is 0 Å². The first-order valence-corrected chi connectivity index (χ1v) is 11.6. The van der Waals surface area contributed by atoms with Gasteiger partial charge in [0.15, 0.2) is 0 Å². The number of hydrogen-bond donors (Lipinski definition) is 0. The average molecular weight is 424 g/mol. The van der Waals surface area contributed by atoms with Gasteiger partial charge in [0.1, 0.15) is 0 Å². The summed E-state index contributed by atoms with van der Waals surface area (Å²) in [6.07, 6.45) is 13.4. The van der Waals surface area contributed by atoms with E-state index in [0.717, 1.165) is 22.5 Å². The van der Waals surface area contributed by atoms with Crippen LogP contribution < -0.4 is 0 Å². The average Bonchev–Trinajstić information content (AvgIpc) is 3.16. The minimum Gasteiger partial charge on any atom is -0.309 e. The molecule has 0 N–H and O–H groups in total. The molecule has 2 rings (SSSR count). The maximum atomic E-state index is 3.96. The van der Waals surface area contributed by atoms with Gasteiger partial charge in [0.2, 0.25) is 0 Å². The molecule has 0 atom stereocenters. The van der Waals surface area contributed by atoms with Crippen LogP contribution in [0.25, 0.3) is 28.8 Å². The zero-order chi connectivity index (χ0) is 25.2. The molecule has 0 aliphatic rings. The standard InChI is InChI=1S/C19H19N.C3H6.4C2H6/c1-5-11-15(7-3)20-18(12-6-2)16(8-4)17-13-9-10-14-19(17)20;1-3-2;4*1-2/h5-14H,1,3-4H2,2H3;3H,1H2,2H3;4*1-2H3/b12-6-,15-11+;;;;;. The number of hydrogen-bond acceptors (Lipinski definition) is 0. The number of nitrogens with zero attached hydrogens (tertiary/aromatic N) is 1. The molecule has 0 spiro atoms. The van der Waals surface area contributed by atoms with Gasteiger partial charge in [-0.15, -0.1) is 6.58 Å². The third kappa shape index (κ3) is 11.8. The van der Waals surface area contributed by atoms with Crippen LogP contribution >= 0.6 is 0 Å². The summed E-state index contributed by atoms with van der Waals surface area (Å²) in [6, 6.07) is 8.31. The van der Waals surface area contributed by atoms with E-state index in [0.29, 0.717) is 0 Å². The Labute approximate surface area is 194 Å². The van der Waals surface area contributed by atoms with Crippen LogP contribution in [-0.2, 0) is 0 Å². The Bertz CT molecular complexity index is 767. The summed E-state index contributed by atoms with van der Waals surface area (Å²) in [5.74, 6) is 0. The highest BCUT2D eigenvalue weighted by atomic mass is 15.0. The molecular weight excluding hydrogens is 374 g/mol. The fraction of sp³-hybridized carbons (Fsp3) is 0.333. The molecule has 0 fully saturated rings. The Hall–Kier alpha value is -2.80. The van der Waals surface area contributed by atoms with Gasteiger partial charge in [-0.1, -0.05) is 118 Å². The van der Waals surface area contributed by atoms with E-state index in [2.05, 4.69) is 49.1 Å². The Morgan fingerprint density at radius 1 is 0.806 bits per heavy atom. The topological polar surface area (TPSA) is 4.93 Å². The van der Waals surface area contributed by atoms with E-state index >= 15 is 0 Å². The van der Waals surface area contributed by atoms with Crippen LogP contribution in [0.1, 0.15) is 80.5 Å². The van der Waals surface area contributed by atoms with Gasteiger partial charge in [0, 0.05) is 16.6 Å². The number of aromatic nitrogens is 1. The Balaban J connectivity index is -0.000000286. The highest BCUT2D eigenvalue weighted by Crippen LogP contribution is 2.31. The van der Waals surface area contributed by atoms with Crippen molar-refractivity contribution in [2.24, 2.45) is 0 Å². The molecule has 0 saturated heterocycles. The number of para-hydroxylation sites is 1. The molecule has 0 saturated carbocycles. The van der Waals surface area contributed by atoms with Crippen molar-refractivity contribution in [1.29, 1.82) is 0 Å². The van der Waals surface area contributed by atoms with Crippen LogP contribution in [0.15, 0.2) is 81.0 Å². The monoisotopic (exact) mass is 423 g/mol. The van der Waals surface area contributed by atoms with Crippen molar-refractivity contribution >= 4 is 28.8 Å². The first kappa shape index (κ1) is 35.6. The molecule has 0 radical (unpaired) electrons. The molecule has 0 unspecified atom stereocenters. The lowest BCUT2D eigenvalue weighted by molar-refractivity contribution is 1.15. The van der Waals surface area contributed by atoms with Gasteiger partial charge in [-0.3, -0.25) is 0 Å². The smallest absolute Gasteiger partial charge is 0.0541 e. The van der Waals surface area contributed by atoms with E-state index in [1.54, 1.807) is 12.2 Å². The van der Waals surface area contributed by atoms with Gasteiger partial charge >= 0.3 is 0 Å². The van der Waals surface area contributed by atoms with Gasteiger partial charge in [-0.25, -0.2) is 0 Å². The molecule has 0 bridgehead atoms. The van der Waals surface area contributed by atoms with E-state index in [4.69, 9.17) is 0 Å². The molecule has 0 amide bonds. The van der Waals surface area contributed by atoms with Crippen molar-refractivity contribution in [3.8, 4) is 0 Å². The molecule has 1 aromatic carbocycles. The van der Waals surface area contributed by atoms with Crippen LogP contribution in [-0.4, -0.2) is 4.57 Å². The highest BCUT2D eigenvalue weighted by molar-refractivity contribution is 5.96. The Morgan fingerprint density at radius 3 is 1.68 bits per heavy atom. The van der Waals surface area contributed by atoms with E-state index in [9.17, 15) is 0 Å². The molecule has 174 valence electrons. The van der Waals surface area contributed by atoms with Gasteiger partial charge in [-0.2, -0.15) is 0 Å². The lowest BCUT2D eigenvalue weighted by atomic mass is 10.1. The summed E-state index contributed by atoms with van der Waals surface area (Å²) >= 11 is 0. The van der Waals surface area contributed by atoms with Crippen molar-refractivity contribution in [3.05, 3.63) is 92.2 Å². The van der Waals surface area contributed by atoms with Crippen LogP contribution in [0.3, 0.4) is 0 Å². The number of fused-ring (bicyclic) bond motifs is 1. The van der Waals surface area contributed by atoms with E-state index in [-0.39, 0.29) is 0 Å². The largest absolute Gasteiger partial charge is 0.309 e. The molecule has 1 nitrogen and oxygen atoms in total. The maximum absolute atomic E-state index is 3.96. The minimum absolute atomic E-state index is 0.998. The highest BCUT2D eigenvalue weighted by Gasteiger charge is 2.13. The predicted octanol–water partition coefficient (Wildman–Crippen LogP) is 10.8. The summed E-state index contributed by atoms with van der Waals surface area (Å²) < 4.78 is 2.18. The van der Waals surface area contributed by atoms with E-state index < -0.39 is 0 Å². The fourth-order valence-corrected chi connectivity index (χ4v) is 2.45. The summed E-state index contributed by atoms with van der Waals surface area (Å²) in [4.78, 5) is 0. The van der Waals surface area contributed by atoms with Crippen molar-refractivity contribution in [2.45, 2.75) is 69.2 Å². The summed E-state index contributed by atoms with van der Waals surface area (Å²) in [5.41, 5.74) is 4.38. The number of benzene rings is 1. The number of rotatable bonds is 5. The quantitative estimate of drug-likeness (QED) is 0.333. The molecule has 1 heterocycles. The van der Waals surface area contributed by atoms with Crippen LogP contribution in [0.4, 0.5) is 0 Å². The van der Waals surface area contributed by atoms with Crippen LogP contribution in [0.5, 0.6) is 0 Å². The van der Waals surface area contributed by atoms with Crippen molar-refractivity contribution in [3.63, 3.8) is 0 Å². The first-order chi connectivity index (χ1) is 15.2. The van der Waals surface area contributed by atoms with Gasteiger partial charge < -0.3 is 4.57 Å². The summed E-state index contributed by atoms with van der Waals surface area (Å²) in [5, 5.41) is 1.19. The zero-order valence-electron chi connectivity index (χ0n) is 22.1. The van der Waals surface area contributed by atoms with Gasteiger partial charge in [0.05, 0.1) is 11.2 Å². The molecule has 1 heteroatoms. The van der Waals surface area contributed by atoms with E-state index in [1.165, 1.54) is 5.39 Å². The first-order valence-electron chi connectivity index (χ1n) is 11.6. The molecule has 1 aromatic heterocycles. The Kier molecular flexibility index (Phi) is 31.3. The SMILES string of the molecule is C=C/C=C(\C=C)n1c(/C=C\C)c(C=C)c2ccccc21.C=CC.CC.CC.CC.CC. The van der Waals surface area contributed by atoms with Crippen molar-refractivity contribution in [1.82, 2.24) is 4.57 Å². The lowest BCUT2D eigenvalue weighted by Crippen LogP contribution is -1.97. The second-order valence-electron chi connectivity index (χ2n) is 4.80. The molecular formula is C30H49N. The van der Waals surface area contributed by atoms with Crippen molar-refractivity contribution < 1.29 is 0 Å². The van der Waals surface area contributed by atoms with E-state index in [1.807, 2.05) is 106 Å². The molecule has 0 aliphatic heterocycles. The second kappa shape index (κ2) is 27.2. The van der Waals surface area contributed by atoms with Gasteiger partial charge in [0.25, 0.3) is 0 Å². The van der Waals surface area contributed by atoms with Gasteiger partial charge in [-0.05, 0) is 38.1 Å². The molecule has 31 heavy (non-hydrogen) atoms. The second-order valence-corrected chi connectivity index (χ2v) is 4.80. The third-order valence-electron chi connectivity index (χ3n) is 3.24. The molecule has 2 aromatic rings. The minimum atomic E-state index is 0.998.